The molecule has 6 heteroatoms. The van der Waals surface area contributed by atoms with Gasteiger partial charge in [-0.15, -0.1) is 24.8 Å². The third-order valence-electron chi connectivity index (χ3n) is 3.74. The first-order chi connectivity index (χ1) is 8.38. The van der Waals surface area contributed by atoms with Crippen LogP contribution in [0.5, 0.6) is 0 Å². The van der Waals surface area contributed by atoms with Gasteiger partial charge in [0.05, 0.1) is 6.04 Å². The van der Waals surface area contributed by atoms with E-state index in [0.717, 1.165) is 37.9 Å². The van der Waals surface area contributed by atoms with Gasteiger partial charge in [0.25, 0.3) is 0 Å². The Morgan fingerprint density at radius 3 is 2.47 bits per heavy atom. The van der Waals surface area contributed by atoms with Gasteiger partial charge in [-0.25, -0.2) is 0 Å². The second-order valence-corrected chi connectivity index (χ2v) is 5.03. The van der Waals surface area contributed by atoms with Crippen molar-refractivity contribution in [2.24, 2.45) is 5.92 Å². The van der Waals surface area contributed by atoms with Crippen LogP contribution >= 0.6 is 24.8 Å². The number of hydrogen-bond donors (Lipinski definition) is 2. The van der Waals surface area contributed by atoms with Gasteiger partial charge in [0.1, 0.15) is 18.1 Å². The van der Waals surface area contributed by atoms with E-state index >= 15 is 0 Å². The van der Waals surface area contributed by atoms with E-state index < -0.39 is 0 Å². The molecule has 0 aromatic carbocycles. The molecule has 2 heterocycles. The number of aliphatic hydroxyl groups excluding tert-OH is 1. The Hall–Kier alpha value is -0.260. The van der Waals surface area contributed by atoms with Crippen LogP contribution in [-0.2, 0) is 6.61 Å². The van der Waals surface area contributed by atoms with E-state index in [1.54, 1.807) is 0 Å². The third kappa shape index (κ3) is 3.86. The second-order valence-electron chi connectivity index (χ2n) is 5.03. The summed E-state index contributed by atoms with van der Waals surface area (Å²) in [5.41, 5.74) is 0. The molecule has 1 saturated heterocycles. The Morgan fingerprint density at radius 1 is 1.26 bits per heavy atom. The summed E-state index contributed by atoms with van der Waals surface area (Å²) in [5, 5.41) is 12.5. The first-order valence-electron chi connectivity index (χ1n) is 6.52. The summed E-state index contributed by atoms with van der Waals surface area (Å²) in [6.07, 6.45) is 2.62. The smallest absolute Gasteiger partial charge is 0.129 e. The van der Waals surface area contributed by atoms with Gasteiger partial charge < -0.3 is 14.8 Å². The lowest BCUT2D eigenvalue weighted by Gasteiger charge is -2.34. The maximum absolute atomic E-state index is 9.08. The minimum absolute atomic E-state index is 0. The van der Waals surface area contributed by atoms with E-state index in [2.05, 4.69) is 10.2 Å². The van der Waals surface area contributed by atoms with Crippen LogP contribution < -0.4 is 5.32 Å². The van der Waals surface area contributed by atoms with E-state index in [4.69, 9.17) is 9.52 Å². The van der Waals surface area contributed by atoms with Crippen molar-refractivity contribution in [3.63, 3.8) is 0 Å². The second kappa shape index (κ2) is 7.50. The van der Waals surface area contributed by atoms with Gasteiger partial charge in [-0.2, -0.15) is 0 Å². The van der Waals surface area contributed by atoms with Crippen molar-refractivity contribution in [3.05, 3.63) is 23.7 Å². The van der Waals surface area contributed by atoms with Crippen LogP contribution in [0.15, 0.2) is 16.5 Å². The molecule has 0 unspecified atom stereocenters. The van der Waals surface area contributed by atoms with Crippen LogP contribution in [-0.4, -0.2) is 36.2 Å². The summed E-state index contributed by atoms with van der Waals surface area (Å²) >= 11 is 0. The van der Waals surface area contributed by atoms with Crippen molar-refractivity contribution >= 4 is 24.8 Å². The molecule has 1 saturated carbocycles. The highest BCUT2D eigenvalue weighted by Crippen LogP contribution is 2.45. The summed E-state index contributed by atoms with van der Waals surface area (Å²) in [5.74, 6) is 2.48. The van der Waals surface area contributed by atoms with Gasteiger partial charge in [-0.05, 0) is 30.9 Å². The summed E-state index contributed by atoms with van der Waals surface area (Å²) in [7, 11) is 0. The zero-order valence-electron chi connectivity index (χ0n) is 10.9. The van der Waals surface area contributed by atoms with Gasteiger partial charge in [-0.3, -0.25) is 4.90 Å². The highest BCUT2D eigenvalue weighted by molar-refractivity contribution is 5.85. The summed E-state index contributed by atoms with van der Waals surface area (Å²) in [6, 6.07) is 4.36. The predicted molar refractivity (Wildman–Crippen MR) is 79.0 cm³/mol. The zero-order valence-corrected chi connectivity index (χ0v) is 12.5. The number of furan rings is 1. The molecule has 0 amide bonds. The van der Waals surface area contributed by atoms with Gasteiger partial charge in [0, 0.05) is 26.2 Å². The normalized spacial score (nSPS) is 21.3. The highest BCUT2D eigenvalue weighted by Gasteiger charge is 2.38. The van der Waals surface area contributed by atoms with Crippen LogP contribution in [0.3, 0.4) is 0 Å². The molecule has 2 N–H and O–H groups in total. The van der Waals surface area contributed by atoms with Crippen molar-refractivity contribution in [2.45, 2.75) is 25.5 Å². The monoisotopic (exact) mass is 308 g/mol. The van der Waals surface area contributed by atoms with E-state index in [1.165, 1.54) is 12.8 Å². The molecule has 19 heavy (non-hydrogen) atoms. The van der Waals surface area contributed by atoms with E-state index in [0.29, 0.717) is 11.8 Å². The summed E-state index contributed by atoms with van der Waals surface area (Å²) < 4.78 is 5.74. The highest BCUT2D eigenvalue weighted by atomic mass is 35.5. The molecule has 0 bridgehead atoms. The fourth-order valence-corrected chi connectivity index (χ4v) is 2.72. The van der Waals surface area contributed by atoms with Gasteiger partial charge in [-0.1, -0.05) is 0 Å². The first kappa shape index (κ1) is 16.8. The minimum atomic E-state index is -0.00105. The largest absolute Gasteiger partial charge is 0.462 e. The van der Waals surface area contributed by atoms with E-state index in [1.807, 2.05) is 12.1 Å². The standard InChI is InChI=1S/C13H20N2O2.2ClH/c16-9-11-3-4-12(17-11)13(10-1-2-10)15-7-5-14-6-8-15;;/h3-4,10,13-14,16H,1-2,5-9H2;2*1H/t13-;;/m1../s1. The average molecular weight is 309 g/mol. The molecular weight excluding hydrogens is 287 g/mol. The summed E-state index contributed by atoms with van der Waals surface area (Å²) in [6.45, 7) is 4.32. The minimum Gasteiger partial charge on any atom is -0.462 e. The van der Waals surface area contributed by atoms with Gasteiger partial charge >= 0.3 is 0 Å². The Bertz CT molecular complexity index is 376. The van der Waals surface area contributed by atoms with Crippen molar-refractivity contribution in [1.29, 1.82) is 0 Å². The molecule has 1 aromatic rings. The molecule has 1 aliphatic heterocycles. The molecule has 1 aromatic heterocycles. The van der Waals surface area contributed by atoms with E-state index in [-0.39, 0.29) is 31.4 Å². The number of aliphatic hydroxyl groups is 1. The fraction of sp³-hybridized carbons (Fsp3) is 0.692. The Labute approximate surface area is 126 Å². The Kier molecular flexibility index (Phi) is 6.63. The molecule has 4 nitrogen and oxygen atoms in total. The number of piperazine rings is 1. The van der Waals surface area contributed by atoms with Crippen molar-refractivity contribution in [1.82, 2.24) is 10.2 Å². The Morgan fingerprint density at radius 2 is 1.95 bits per heavy atom. The van der Waals surface area contributed by atoms with Crippen LogP contribution in [0.2, 0.25) is 0 Å². The van der Waals surface area contributed by atoms with Crippen LogP contribution in [0.4, 0.5) is 0 Å². The third-order valence-corrected chi connectivity index (χ3v) is 3.74. The topological polar surface area (TPSA) is 48.6 Å². The molecular formula is C13H22Cl2N2O2. The average Bonchev–Trinajstić information content (AvgIpc) is 3.09. The number of rotatable bonds is 4. The first-order valence-corrected chi connectivity index (χ1v) is 6.52. The molecule has 2 aliphatic rings. The number of nitrogens with one attached hydrogen (secondary N) is 1. The SMILES string of the molecule is Cl.Cl.OCc1ccc([C@@H](C2CC2)N2CCNCC2)o1. The van der Waals surface area contributed by atoms with Crippen LogP contribution in [0.1, 0.15) is 30.4 Å². The molecule has 0 spiro atoms. The van der Waals surface area contributed by atoms with Crippen molar-refractivity contribution in [2.75, 3.05) is 26.2 Å². The van der Waals surface area contributed by atoms with Crippen LogP contribution in [0.25, 0.3) is 0 Å². The molecule has 1 atom stereocenters. The summed E-state index contributed by atoms with van der Waals surface area (Å²) in [4.78, 5) is 2.52. The van der Waals surface area contributed by atoms with Crippen LogP contribution in [0, 0.1) is 5.92 Å². The van der Waals surface area contributed by atoms with Crippen molar-refractivity contribution < 1.29 is 9.52 Å². The zero-order chi connectivity index (χ0) is 11.7. The maximum Gasteiger partial charge on any atom is 0.129 e. The lowest BCUT2D eigenvalue weighted by Crippen LogP contribution is -2.45. The molecule has 1 aliphatic carbocycles. The lowest BCUT2D eigenvalue weighted by molar-refractivity contribution is 0.132. The van der Waals surface area contributed by atoms with Gasteiger partial charge in [0.2, 0.25) is 0 Å². The number of hydrogen-bond acceptors (Lipinski definition) is 4. The number of nitrogens with zero attached hydrogens (tertiary/aromatic N) is 1. The van der Waals surface area contributed by atoms with E-state index in [9.17, 15) is 0 Å². The molecule has 0 radical (unpaired) electrons. The molecule has 2 fully saturated rings. The maximum atomic E-state index is 9.08. The molecule has 110 valence electrons. The predicted octanol–water partition coefficient (Wildman–Crippen LogP) is 1.97. The lowest BCUT2D eigenvalue weighted by atomic mass is 10.1. The quantitative estimate of drug-likeness (QED) is 0.893. The Balaban J connectivity index is 0.000000902. The fourth-order valence-electron chi connectivity index (χ4n) is 2.72. The van der Waals surface area contributed by atoms with Crippen molar-refractivity contribution in [3.8, 4) is 0 Å². The number of halogens is 2. The van der Waals surface area contributed by atoms with Gasteiger partial charge in [0.15, 0.2) is 0 Å². The molecule has 3 rings (SSSR count).